The van der Waals surface area contributed by atoms with Crippen LogP contribution >= 0.6 is 0 Å². The van der Waals surface area contributed by atoms with Gasteiger partial charge in [-0.15, -0.1) is 0 Å². The van der Waals surface area contributed by atoms with Gasteiger partial charge in [0.2, 0.25) is 0 Å². The summed E-state index contributed by atoms with van der Waals surface area (Å²) in [5.41, 5.74) is 3.10. The van der Waals surface area contributed by atoms with E-state index in [4.69, 9.17) is 5.84 Å². The van der Waals surface area contributed by atoms with Crippen LogP contribution in [0.2, 0.25) is 0 Å². The molecule has 0 aromatic rings. The molecule has 3 unspecified atom stereocenters. The van der Waals surface area contributed by atoms with Crippen molar-refractivity contribution >= 4 is 0 Å². The molecular formula is C13H26N2. The van der Waals surface area contributed by atoms with Gasteiger partial charge in [-0.3, -0.25) is 11.3 Å². The van der Waals surface area contributed by atoms with E-state index in [1.807, 2.05) is 0 Å². The highest BCUT2D eigenvalue weighted by Gasteiger charge is 2.32. The van der Waals surface area contributed by atoms with Gasteiger partial charge in [-0.1, -0.05) is 45.4 Å². The molecule has 2 aliphatic rings. The molecule has 2 nitrogen and oxygen atoms in total. The Morgan fingerprint density at radius 2 is 1.87 bits per heavy atom. The Balaban J connectivity index is 1.85. The Labute approximate surface area is 94.0 Å². The van der Waals surface area contributed by atoms with Crippen LogP contribution < -0.4 is 11.3 Å². The topological polar surface area (TPSA) is 38.0 Å². The number of nitrogens with one attached hydrogen (secondary N) is 1. The SMILES string of the molecule is CC1CCCC1C(CC1CCCC1)NN. The van der Waals surface area contributed by atoms with Crippen molar-refractivity contribution in [1.82, 2.24) is 5.43 Å². The average molecular weight is 210 g/mol. The first-order valence-corrected chi connectivity index (χ1v) is 6.77. The van der Waals surface area contributed by atoms with Crippen LogP contribution in [0.1, 0.15) is 58.3 Å². The van der Waals surface area contributed by atoms with E-state index in [-0.39, 0.29) is 0 Å². The van der Waals surface area contributed by atoms with Crippen LogP contribution in [0.15, 0.2) is 0 Å². The maximum atomic E-state index is 5.74. The summed E-state index contributed by atoms with van der Waals surface area (Å²) < 4.78 is 0. The lowest BCUT2D eigenvalue weighted by Gasteiger charge is -2.28. The van der Waals surface area contributed by atoms with Crippen LogP contribution in [0.3, 0.4) is 0 Å². The van der Waals surface area contributed by atoms with Crippen LogP contribution in [0, 0.1) is 17.8 Å². The van der Waals surface area contributed by atoms with Gasteiger partial charge in [0.15, 0.2) is 0 Å². The first kappa shape index (κ1) is 11.4. The van der Waals surface area contributed by atoms with E-state index in [9.17, 15) is 0 Å². The van der Waals surface area contributed by atoms with Crippen LogP contribution in [-0.4, -0.2) is 6.04 Å². The fourth-order valence-electron chi connectivity index (χ4n) is 3.74. The fraction of sp³-hybridized carbons (Fsp3) is 1.00. The van der Waals surface area contributed by atoms with E-state index >= 15 is 0 Å². The van der Waals surface area contributed by atoms with Gasteiger partial charge in [-0.05, 0) is 30.6 Å². The van der Waals surface area contributed by atoms with Crippen LogP contribution in [0.5, 0.6) is 0 Å². The molecule has 0 aromatic heterocycles. The van der Waals surface area contributed by atoms with E-state index in [2.05, 4.69) is 12.3 Å². The van der Waals surface area contributed by atoms with E-state index in [0.717, 1.165) is 17.8 Å². The second-order valence-corrected chi connectivity index (χ2v) is 5.73. The fourth-order valence-corrected chi connectivity index (χ4v) is 3.74. The van der Waals surface area contributed by atoms with Crippen LogP contribution in [0.4, 0.5) is 0 Å². The predicted molar refractivity (Wildman–Crippen MR) is 64.2 cm³/mol. The van der Waals surface area contributed by atoms with Crippen molar-refractivity contribution in [2.24, 2.45) is 23.6 Å². The molecule has 2 rings (SSSR count). The Hall–Kier alpha value is -0.0800. The molecule has 0 spiro atoms. The minimum Gasteiger partial charge on any atom is -0.271 e. The molecule has 2 aliphatic carbocycles. The molecule has 3 atom stereocenters. The van der Waals surface area contributed by atoms with E-state index in [1.165, 1.54) is 51.4 Å². The number of rotatable bonds is 4. The monoisotopic (exact) mass is 210 g/mol. The Morgan fingerprint density at radius 3 is 2.40 bits per heavy atom. The Morgan fingerprint density at radius 1 is 1.13 bits per heavy atom. The molecule has 0 saturated heterocycles. The molecule has 0 aliphatic heterocycles. The van der Waals surface area contributed by atoms with Gasteiger partial charge in [0.25, 0.3) is 0 Å². The normalized spacial score (nSPS) is 34.8. The van der Waals surface area contributed by atoms with Crippen molar-refractivity contribution in [1.29, 1.82) is 0 Å². The predicted octanol–water partition coefficient (Wildman–Crippen LogP) is 2.83. The van der Waals surface area contributed by atoms with Gasteiger partial charge >= 0.3 is 0 Å². The molecule has 0 heterocycles. The van der Waals surface area contributed by atoms with Crippen molar-refractivity contribution in [3.05, 3.63) is 0 Å². The highest BCUT2D eigenvalue weighted by molar-refractivity contribution is 4.86. The summed E-state index contributed by atoms with van der Waals surface area (Å²) in [5, 5.41) is 0. The van der Waals surface area contributed by atoms with Crippen molar-refractivity contribution < 1.29 is 0 Å². The minimum atomic E-state index is 0.589. The largest absolute Gasteiger partial charge is 0.271 e. The second kappa shape index (κ2) is 5.31. The lowest BCUT2D eigenvalue weighted by atomic mass is 9.84. The maximum absolute atomic E-state index is 5.74. The summed E-state index contributed by atoms with van der Waals surface area (Å²) >= 11 is 0. The van der Waals surface area contributed by atoms with E-state index < -0.39 is 0 Å². The minimum absolute atomic E-state index is 0.589. The van der Waals surface area contributed by atoms with Crippen molar-refractivity contribution in [3.8, 4) is 0 Å². The zero-order valence-corrected chi connectivity index (χ0v) is 10.0. The first-order valence-electron chi connectivity index (χ1n) is 6.77. The number of hydrogen-bond acceptors (Lipinski definition) is 2. The van der Waals surface area contributed by atoms with Crippen LogP contribution in [-0.2, 0) is 0 Å². The molecule has 2 saturated carbocycles. The molecule has 88 valence electrons. The first-order chi connectivity index (χ1) is 7.31. The molecule has 15 heavy (non-hydrogen) atoms. The highest BCUT2D eigenvalue weighted by Crippen LogP contribution is 2.37. The molecule has 0 amide bonds. The van der Waals surface area contributed by atoms with Gasteiger partial charge in [-0.2, -0.15) is 0 Å². The van der Waals surface area contributed by atoms with Gasteiger partial charge in [0.1, 0.15) is 0 Å². The van der Waals surface area contributed by atoms with Gasteiger partial charge in [0, 0.05) is 6.04 Å². The van der Waals surface area contributed by atoms with E-state index in [0.29, 0.717) is 6.04 Å². The third kappa shape index (κ3) is 2.73. The molecule has 2 fully saturated rings. The average Bonchev–Trinajstić information content (AvgIpc) is 2.85. The number of nitrogens with two attached hydrogens (primary N) is 1. The lowest BCUT2D eigenvalue weighted by Crippen LogP contribution is -2.42. The third-order valence-corrected chi connectivity index (χ3v) is 4.72. The summed E-state index contributed by atoms with van der Waals surface area (Å²) in [5.74, 6) is 8.43. The maximum Gasteiger partial charge on any atom is 0.0243 e. The standard InChI is InChI=1S/C13H26N2/c1-10-5-4-8-12(10)13(15-14)9-11-6-2-3-7-11/h10-13,15H,2-9,14H2,1H3. The molecule has 0 aromatic carbocycles. The Bertz CT molecular complexity index is 187. The smallest absolute Gasteiger partial charge is 0.0243 e. The molecule has 0 radical (unpaired) electrons. The van der Waals surface area contributed by atoms with Crippen LogP contribution in [0.25, 0.3) is 0 Å². The molecule has 2 heteroatoms. The summed E-state index contributed by atoms with van der Waals surface area (Å²) in [6.45, 7) is 2.40. The lowest BCUT2D eigenvalue weighted by molar-refractivity contribution is 0.254. The van der Waals surface area contributed by atoms with Crippen molar-refractivity contribution in [2.45, 2.75) is 64.3 Å². The summed E-state index contributed by atoms with van der Waals surface area (Å²) in [4.78, 5) is 0. The number of hydrogen-bond donors (Lipinski definition) is 2. The number of hydrazine groups is 1. The van der Waals surface area contributed by atoms with Gasteiger partial charge in [0.05, 0.1) is 0 Å². The third-order valence-electron chi connectivity index (χ3n) is 4.72. The molecule has 0 bridgehead atoms. The van der Waals surface area contributed by atoms with Gasteiger partial charge in [-0.25, -0.2) is 0 Å². The van der Waals surface area contributed by atoms with Crippen molar-refractivity contribution in [2.75, 3.05) is 0 Å². The summed E-state index contributed by atoms with van der Waals surface area (Å²) in [6, 6.07) is 0.589. The zero-order valence-electron chi connectivity index (χ0n) is 10.0. The summed E-state index contributed by atoms with van der Waals surface area (Å²) in [6.07, 6.45) is 11.3. The van der Waals surface area contributed by atoms with Gasteiger partial charge < -0.3 is 0 Å². The summed E-state index contributed by atoms with van der Waals surface area (Å²) in [7, 11) is 0. The zero-order chi connectivity index (χ0) is 10.7. The van der Waals surface area contributed by atoms with E-state index in [1.54, 1.807) is 0 Å². The van der Waals surface area contributed by atoms with Crippen molar-refractivity contribution in [3.63, 3.8) is 0 Å². The second-order valence-electron chi connectivity index (χ2n) is 5.73. The highest BCUT2D eigenvalue weighted by atomic mass is 15.2. The quantitative estimate of drug-likeness (QED) is 0.553. The molecular weight excluding hydrogens is 184 g/mol. The molecule has 3 N–H and O–H groups in total. The Kier molecular flexibility index (Phi) is 4.04.